The molecule has 0 fully saturated rings. The molecule has 1 aliphatic rings. The van der Waals surface area contributed by atoms with Crippen molar-refractivity contribution in [3.8, 4) is 0 Å². The van der Waals surface area contributed by atoms with E-state index in [0.717, 1.165) is 17.7 Å². The number of para-hydroxylation sites is 1. The van der Waals surface area contributed by atoms with E-state index in [9.17, 15) is 4.79 Å². The van der Waals surface area contributed by atoms with E-state index in [1.165, 1.54) is 5.56 Å². The van der Waals surface area contributed by atoms with Crippen LogP contribution in [-0.4, -0.2) is 11.9 Å². The summed E-state index contributed by atoms with van der Waals surface area (Å²) in [6.45, 7) is 2.07. The van der Waals surface area contributed by atoms with Crippen LogP contribution >= 0.6 is 11.6 Å². The molecule has 3 rings (SSSR count). The van der Waals surface area contributed by atoms with Crippen LogP contribution < -0.4 is 4.90 Å². The molecule has 1 amide bonds. The molecule has 3 heteroatoms. The second kappa shape index (κ2) is 5.74. The Morgan fingerprint density at radius 1 is 1.19 bits per heavy atom. The van der Waals surface area contributed by atoms with E-state index >= 15 is 0 Å². The highest BCUT2D eigenvalue weighted by Crippen LogP contribution is 2.32. The standard InChI is InChI=1S/C18H16ClNO/c1-13-12-15-7-3-5-9-17(15)20(13)18(21)11-10-14-6-2-4-8-16(14)19/h2-11,13H,12H2,1H3/b11-10+/t13-/m1/s1. The molecule has 0 aliphatic carbocycles. The molecular formula is C18H16ClNO. The van der Waals surface area contributed by atoms with Crippen LogP contribution in [0.2, 0.25) is 5.02 Å². The highest BCUT2D eigenvalue weighted by molar-refractivity contribution is 6.32. The van der Waals surface area contributed by atoms with Crippen LogP contribution in [0.15, 0.2) is 54.6 Å². The van der Waals surface area contributed by atoms with Gasteiger partial charge in [-0.3, -0.25) is 4.79 Å². The Hall–Kier alpha value is -2.06. The normalized spacial score (nSPS) is 17.2. The van der Waals surface area contributed by atoms with Crippen LogP contribution in [0.3, 0.4) is 0 Å². The van der Waals surface area contributed by atoms with Crippen molar-refractivity contribution in [1.29, 1.82) is 0 Å². The van der Waals surface area contributed by atoms with Gasteiger partial charge >= 0.3 is 0 Å². The van der Waals surface area contributed by atoms with Crippen LogP contribution in [0, 0.1) is 0 Å². The minimum atomic E-state index is -0.00707. The predicted molar refractivity (Wildman–Crippen MR) is 87.6 cm³/mol. The lowest BCUT2D eigenvalue weighted by Crippen LogP contribution is -2.34. The average molecular weight is 298 g/mol. The first kappa shape index (κ1) is 13.9. The first-order valence-corrected chi connectivity index (χ1v) is 7.38. The van der Waals surface area contributed by atoms with E-state index in [-0.39, 0.29) is 11.9 Å². The third kappa shape index (κ3) is 2.72. The number of fused-ring (bicyclic) bond motifs is 1. The van der Waals surface area contributed by atoms with Gasteiger partial charge in [0, 0.05) is 22.8 Å². The molecular weight excluding hydrogens is 282 g/mol. The summed E-state index contributed by atoms with van der Waals surface area (Å²) in [5, 5.41) is 0.649. The molecule has 21 heavy (non-hydrogen) atoms. The van der Waals surface area contributed by atoms with Gasteiger partial charge in [-0.1, -0.05) is 48.0 Å². The predicted octanol–water partition coefficient (Wildman–Crippen LogP) is 4.33. The fraction of sp³-hybridized carbons (Fsp3) is 0.167. The molecule has 2 aromatic carbocycles. The summed E-state index contributed by atoms with van der Waals surface area (Å²) >= 11 is 6.10. The van der Waals surface area contributed by atoms with Gasteiger partial charge in [-0.25, -0.2) is 0 Å². The number of benzene rings is 2. The maximum absolute atomic E-state index is 12.5. The number of halogens is 1. The second-order valence-electron chi connectivity index (χ2n) is 5.24. The monoisotopic (exact) mass is 297 g/mol. The summed E-state index contributed by atoms with van der Waals surface area (Å²) in [5.74, 6) is -0.00707. The SMILES string of the molecule is C[C@@H]1Cc2ccccc2N1C(=O)/C=C/c1ccccc1Cl. The van der Waals surface area contributed by atoms with E-state index in [2.05, 4.69) is 13.0 Å². The van der Waals surface area contributed by atoms with Gasteiger partial charge in [-0.2, -0.15) is 0 Å². The van der Waals surface area contributed by atoms with E-state index in [4.69, 9.17) is 11.6 Å². The molecule has 2 aromatic rings. The largest absolute Gasteiger partial charge is 0.305 e. The summed E-state index contributed by atoms with van der Waals surface area (Å²) in [6.07, 6.45) is 4.28. The first-order chi connectivity index (χ1) is 10.2. The summed E-state index contributed by atoms with van der Waals surface area (Å²) < 4.78 is 0. The molecule has 0 unspecified atom stereocenters. The highest BCUT2D eigenvalue weighted by atomic mass is 35.5. The number of carbonyl (C=O) groups excluding carboxylic acids is 1. The molecule has 1 atom stereocenters. The van der Waals surface area contributed by atoms with Crippen LogP contribution in [0.1, 0.15) is 18.1 Å². The van der Waals surface area contributed by atoms with E-state index in [1.54, 1.807) is 12.2 Å². The van der Waals surface area contributed by atoms with Gasteiger partial charge < -0.3 is 4.90 Å². The zero-order valence-electron chi connectivity index (χ0n) is 11.8. The van der Waals surface area contributed by atoms with Crippen molar-refractivity contribution in [1.82, 2.24) is 0 Å². The Balaban J connectivity index is 1.85. The third-order valence-electron chi connectivity index (χ3n) is 3.76. The molecule has 1 heterocycles. The molecule has 106 valence electrons. The Morgan fingerprint density at radius 2 is 1.90 bits per heavy atom. The topological polar surface area (TPSA) is 20.3 Å². The highest BCUT2D eigenvalue weighted by Gasteiger charge is 2.29. The van der Waals surface area contributed by atoms with Crippen molar-refractivity contribution in [2.24, 2.45) is 0 Å². The summed E-state index contributed by atoms with van der Waals surface area (Å²) in [4.78, 5) is 14.3. The molecule has 1 aliphatic heterocycles. The fourth-order valence-corrected chi connectivity index (χ4v) is 2.95. The van der Waals surface area contributed by atoms with E-state index in [1.807, 2.05) is 47.4 Å². The first-order valence-electron chi connectivity index (χ1n) is 7.00. The Kier molecular flexibility index (Phi) is 3.80. The van der Waals surface area contributed by atoms with Gasteiger partial charge in [0.2, 0.25) is 0 Å². The van der Waals surface area contributed by atoms with Crippen molar-refractivity contribution in [2.45, 2.75) is 19.4 Å². The number of hydrogen-bond donors (Lipinski definition) is 0. The number of hydrogen-bond acceptors (Lipinski definition) is 1. The van der Waals surface area contributed by atoms with Gasteiger partial charge in [-0.05, 0) is 42.7 Å². The van der Waals surface area contributed by atoms with Gasteiger partial charge in [0.05, 0.1) is 0 Å². The number of carbonyl (C=O) groups is 1. The Bertz CT molecular complexity index is 708. The molecule has 0 saturated heterocycles. The van der Waals surface area contributed by atoms with Crippen molar-refractivity contribution in [2.75, 3.05) is 4.90 Å². The van der Waals surface area contributed by atoms with Crippen molar-refractivity contribution < 1.29 is 4.79 Å². The van der Waals surface area contributed by atoms with Crippen molar-refractivity contribution >= 4 is 29.3 Å². The summed E-state index contributed by atoms with van der Waals surface area (Å²) in [6, 6.07) is 15.7. The maximum Gasteiger partial charge on any atom is 0.251 e. The van der Waals surface area contributed by atoms with Crippen molar-refractivity contribution in [3.63, 3.8) is 0 Å². The minimum absolute atomic E-state index is 0.00707. The van der Waals surface area contributed by atoms with Gasteiger partial charge in [0.1, 0.15) is 0 Å². The van der Waals surface area contributed by atoms with Gasteiger partial charge in [0.15, 0.2) is 0 Å². The van der Waals surface area contributed by atoms with Crippen LogP contribution in [0.5, 0.6) is 0 Å². The van der Waals surface area contributed by atoms with Gasteiger partial charge in [0.25, 0.3) is 5.91 Å². The zero-order valence-corrected chi connectivity index (χ0v) is 12.5. The van der Waals surface area contributed by atoms with Gasteiger partial charge in [-0.15, -0.1) is 0 Å². The minimum Gasteiger partial charge on any atom is -0.305 e. The number of rotatable bonds is 2. The quantitative estimate of drug-likeness (QED) is 0.756. The third-order valence-corrected chi connectivity index (χ3v) is 4.10. The molecule has 0 N–H and O–H groups in total. The summed E-state index contributed by atoms with van der Waals surface area (Å²) in [5.41, 5.74) is 3.09. The van der Waals surface area contributed by atoms with E-state index in [0.29, 0.717) is 5.02 Å². The number of amides is 1. The molecule has 0 aromatic heterocycles. The van der Waals surface area contributed by atoms with Crippen LogP contribution in [0.25, 0.3) is 6.08 Å². The molecule has 2 nitrogen and oxygen atoms in total. The lowest BCUT2D eigenvalue weighted by molar-refractivity contribution is -0.114. The lowest BCUT2D eigenvalue weighted by atomic mass is 10.1. The zero-order chi connectivity index (χ0) is 14.8. The lowest BCUT2D eigenvalue weighted by Gasteiger charge is -2.21. The second-order valence-corrected chi connectivity index (χ2v) is 5.65. The fourth-order valence-electron chi connectivity index (χ4n) is 2.75. The number of anilines is 1. The number of nitrogens with zero attached hydrogens (tertiary/aromatic N) is 1. The smallest absolute Gasteiger partial charge is 0.251 e. The van der Waals surface area contributed by atoms with Crippen LogP contribution in [0.4, 0.5) is 5.69 Å². The summed E-state index contributed by atoms with van der Waals surface area (Å²) in [7, 11) is 0. The Labute approximate surface area is 129 Å². The molecule has 0 bridgehead atoms. The molecule has 0 saturated carbocycles. The van der Waals surface area contributed by atoms with Crippen LogP contribution in [-0.2, 0) is 11.2 Å². The maximum atomic E-state index is 12.5. The van der Waals surface area contributed by atoms with Crippen molar-refractivity contribution in [3.05, 3.63) is 70.8 Å². The average Bonchev–Trinajstić information content (AvgIpc) is 2.82. The van der Waals surface area contributed by atoms with E-state index < -0.39 is 0 Å². The molecule has 0 radical (unpaired) electrons. The Morgan fingerprint density at radius 3 is 2.71 bits per heavy atom. The molecule has 0 spiro atoms.